The fourth-order valence-corrected chi connectivity index (χ4v) is 4.24. The van der Waals surface area contributed by atoms with E-state index in [9.17, 15) is 10.1 Å². The predicted octanol–water partition coefficient (Wildman–Crippen LogP) is 6.06. The largest absolute Gasteiger partial charge is 0.323 e. The van der Waals surface area contributed by atoms with Crippen molar-refractivity contribution in [1.29, 1.82) is 5.26 Å². The number of carbonyl (C=O) groups excluding carboxylic acids is 1. The third-order valence-electron chi connectivity index (χ3n) is 4.95. The maximum absolute atomic E-state index is 13.0. The molecule has 0 atom stereocenters. The summed E-state index contributed by atoms with van der Waals surface area (Å²) in [6.07, 6.45) is 0.833. The minimum Gasteiger partial charge on any atom is -0.323 e. The van der Waals surface area contributed by atoms with Gasteiger partial charge in [-0.1, -0.05) is 75.4 Å². The van der Waals surface area contributed by atoms with Crippen LogP contribution in [0.2, 0.25) is 0 Å². The summed E-state index contributed by atoms with van der Waals surface area (Å²) in [5.41, 5.74) is 4.58. The zero-order valence-electron chi connectivity index (χ0n) is 18.6. The maximum Gasteiger partial charge on any atom is 0.267 e. The quantitative estimate of drug-likeness (QED) is 0.501. The fourth-order valence-electron chi connectivity index (χ4n) is 3.42. The lowest BCUT2D eigenvalue weighted by atomic mass is 9.86. The fraction of sp³-hybridized carbons (Fsp3) is 0.269. The molecular weight excluding hydrogens is 402 g/mol. The van der Waals surface area contributed by atoms with Crippen LogP contribution in [-0.2, 0) is 6.42 Å². The number of hydrogen-bond donors (Lipinski definition) is 1. The number of nitrogens with one attached hydrogen (secondary N) is 1. The Bertz CT molecular complexity index is 1140. The highest BCUT2D eigenvalue weighted by Gasteiger charge is 2.26. The summed E-state index contributed by atoms with van der Waals surface area (Å²) in [6, 6.07) is 20.6. The molecule has 1 N–H and O–H groups in total. The summed E-state index contributed by atoms with van der Waals surface area (Å²) < 4.78 is 0. The summed E-state index contributed by atoms with van der Waals surface area (Å²) >= 11 is 1.36. The maximum atomic E-state index is 13.0. The molecule has 1 amide bonds. The van der Waals surface area contributed by atoms with E-state index in [1.54, 1.807) is 0 Å². The predicted molar refractivity (Wildman–Crippen MR) is 127 cm³/mol. The number of allylic oxidation sites excluding steroid dienone is 2. The molecule has 0 saturated heterocycles. The van der Waals surface area contributed by atoms with Crippen LogP contribution in [0.1, 0.15) is 57.8 Å². The van der Waals surface area contributed by atoms with Crippen molar-refractivity contribution in [1.82, 2.24) is 10.3 Å². The Labute approximate surface area is 188 Å². The van der Waals surface area contributed by atoms with Crippen molar-refractivity contribution >= 4 is 22.8 Å². The molecule has 0 aliphatic carbocycles. The molecule has 0 bridgehead atoms. The average Bonchev–Trinajstić information content (AvgIpc) is 3.07. The van der Waals surface area contributed by atoms with Gasteiger partial charge in [-0.05, 0) is 37.0 Å². The smallest absolute Gasteiger partial charge is 0.267 e. The zero-order valence-corrected chi connectivity index (χ0v) is 19.4. The van der Waals surface area contributed by atoms with Crippen molar-refractivity contribution in [2.45, 2.75) is 41.0 Å². The van der Waals surface area contributed by atoms with Gasteiger partial charge in [0.15, 0.2) is 0 Å². The summed E-state index contributed by atoms with van der Waals surface area (Å²) in [6.45, 7) is 9.69. The van der Waals surface area contributed by atoms with Gasteiger partial charge in [-0.25, -0.2) is 4.98 Å². The third kappa shape index (κ3) is 5.48. The second kappa shape index (κ2) is 9.28. The molecule has 31 heavy (non-hydrogen) atoms. The average molecular weight is 430 g/mol. The van der Waals surface area contributed by atoms with Crippen LogP contribution in [-0.4, -0.2) is 10.9 Å². The molecular formula is C26H27N3OS. The summed E-state index contributed by atoms with van der Waals surface area (Å²) in [5, 5.41) is 13.9. The second-order valence-corrected chi connectivity index (χ2v) is 9.78. The Kier molecular flexibility index (Phi) is 6.72. The number of carbonyl (C=O) groups is 1. The van der Waals surface area contributed by atoms with E-state index < -0.39 is 5.41 Å². The van der Waals surface area contributed by atoms with E-state index in [2.05, 4.69) is 28.5 Å². The Balaban J connectivity index is 1.94. The van der Waals surface area contributed by atoms with E-state index in [1.807, 2.05) is 77.1 Å². The highest BCUT2D eigenvalue weighted by Crippen LogP contribution is 2.31. The SMILES string of the molecule is Cc1nc(C)c(C(=O)N/C(=C(/C#N)c2ccc(Cc3ccccc3)cc2)C(C)(C)C)s1. The van der Waals surface area contributed by atoms with Crippen LogP contribution >= 0.6 is 11.3 Å². The van der Waals surface area contributed by atoms with E-state index in [4.69, 9.17) is 0 Å². The number of amides is 1. The molecule has 158 valence electrons. The lowest BCUT2D eigenvalue weighted by molar-refractivity contribution is 0.0961. The van der Waals surface area contributed by atoms with Gasteiger partial charge >= 0.3 is 0 Å². The summed E-state index contributed by atoms with van der Waals surface area (Å²) in [5.74, 6) is -0.221. The first kappa shape index (κ1) is 22.5. The van der Waals surface area contributed by atoms with Crippen molar-refractivity contribution in [2.24, 2.45) is 5.41 Å². The molecule has 0 saturated carbocycles. The van der Waals surface area contributed by atoms with Crippen LogP contribution in [0, 0.1) is 30.6 Å². The molecule has 5 heteroatoms. The molecule has 4 nitrogen and oxygen atoms in total. The number of hydrogen-bond acceptors (Lipinski definition) is 4. The zero-order chi connectivity index (χ0) is 22.6. The van der Waals surface area contributed by atoms with Gasteiger partial charge in [0.25, 0.3) is 5.91 Å². The minimum absolute atomic E-state index is 0.221. The van der Waals surface area contributed by atoms with Crippen molar-refractivity contribution in [3.8, 4) is 6.07 Å². The van der Waals surface area contributed by atoms with Gasteiger partial charge in [0.05, 0.1) is 16.3 Å². The molecule has 0 unspecified atom stereocenters. The van der Waals surface area contributed by atoms with Gasteiger partial charge in [-0.15, -0.1) is 11.3 Å². The number of aromatic nitrogens is 1. The molecule has 3 aromatic rings. The standard InChI is InChI=1S/C26H27N3OS/c1-17-23(31-18(2)28-17)25(30)29-24(26(3,4)5)22(16-27)21-13-11-20(12-14-21)15-19-9-7-6-8-10-19/h6-14H,15H2,1-5H3,(H,29,30)/b24-22-. The highest BCUT2D eigenvalue weighted by molar-refractivity contribution is 7.13. The van der Waals surface area contributed by atoms with Crippen LogP contribution in [0.25, 0.3) is 5.57 Å². The Morgan fingerprint density at radius 2 is 1.65 bits per heavy atom. The number of aryl methyl sites for hydroxylation is 2. The topological polar surface area (TPSA) is 65.8 Å². The van der Waals surface area contributed by atoms with Gasteiger partial charge in [0, 0.05) is 11.1 Å². The summed E-state index contributed by atoms with van der Waals surface area (Å²) in [4.78, 5) is 17.9. The molecule has 1 heterocycles. The molecule has 0 aliphatic heterocycles. The molecule has 0 spiro atoms. The minimum atomic E-state index is -0.420. The van der Waals surface area contributed by atoms with Gasteiger partial charge in [-0.2, -0.15) is 5.26 Å². The van der Waals surface area contributed by atoms with E-state index in [0.717, 1.165) is 17.0 Å². The Morgan fingerprint density at radius 3 is 2.16 bits per heavy atom. The Morgan fingerprint density at radius 1 is 1.03 bits per heavy atom. The van der Waals surface area contributed by atoms with Crippen LogP contribution in [0.4, 0.5) is 0 Å². The van der Waals surface area contributed by atoms with Gasteiger partial charge in [0.1, 0.15) is 10.9 Å². The van der Waals surface area contributed by atoms with Crippen LogP contribution in [0.15, 0.2) is 60.3 Å². The van der Waals surface area contributed by atoms with Crippen molar-refractivity contribution < 1.29 is 4.79 Å². The number of rotatable bonds is 5. The van der Waals surface area contributed by atoms with Gasteiger partial charge in [0.2, 0.25) is 0 Å². The van der Waals surface area contributed by atoms with E-state index in [0.29, 0.717) is 21.8 Å². The van der Waals surface area contributed by atoms with E-state index in [1.165, 1.54) is 22.5 Å². The third-order valence-corrected chi connectivity index (χ3v) is 6.03. The van der Waals surface area contributed by atoms with Crippen molar-refractivity contribution in [3.63, 3.8) is 0 Å². The normalized spacial score (nSPS) is 12.1. The van der Waals surface area contributed by atoms with Gasteiger partial charge in [-0.3, -0.25) is 4.79 Å². The first-order valence-electron chi connectivity index (χ1n) is 10.2. The van der Waals surface area contributed by atoms with Crippen molar-refractivity contribution in [2.75, 3.05) is 0 Å². The lowest BCUT2D eigenvalue weighted by Crippen LogP contribution is -2.31. The van der Waals surface area contributed by atoms with Gasteiger partial charge < -0.3 is 5.32 Å². The molecule has 0 radical (unpaired) electrons. The molecule has 0 fully saturated rings. The van der Waals surface area contributed by atoms with Crippen LogP contribution < -0.4 is 5.32 Å². The first-order chi connectivity index (χ1) is 14.7. The molecule has 0 aliphatic rings. The number of benzene rings is 2. The van der Waals surface area contributed by atoms with E-state index in [-0.39, 0.29) is 5.91 Å². The van der Waals surface area contributed by atoms with Crippen LogP contribution in [0.5, 0.6) is 0 Å². The number of nitriles is 1. The Hall–Kier alpha value is -3.23. The molecule has 1 aromatic heterocycles. The highest BCUT2D eigenvalue weighted by atomic mass is 32.1. The molecule has 3 rings (SSSR count). The summed E-state index contributed by atoms with van der Waals surface area (Å²) in [7, 11) is 0. The molecule has 2 aromatic carbocycles. The number of nitrogens with zero attached hydrogens (tertiary/aromatic N) is 2. The van der Waals surface area contributed by atoms with Crippen LogP contribution in [0.3, 0.4) is 0 Å². The first-order valence-corrected chi connectivity index (χ1v) is 11.0. The van der Waals surface area contributed by atoms with Crippen molar-refractivity contribution in [3.05, 3.63) is 92.6 Å². The monoisotopic (exact) mass is 429 g/mol. The lowest BCUT2D eigenvalue weighted by Gasteiger charge is -2.25. The number of thiazole rings is 1. The second-order valence-electron chi connectivity index (χ2n) is 8.57. The van der Waals surface area contributed by atoms with E-state index >= 15 is 0 Å².